The maximum Gasteiger partial charge on any atom is 0.236 e. The lowest BCUT2D eigenvalue weighted by Gasteiger charge is -2.05. The molecule has 134 valence electrons. The van der Waals surface area contributed by atoms with Gasteiger partial charge in [0.05, 0.1) is 5.92 Å². The van der Waals surface area contributed by atoms with E-state index < -0.39 is 0 Å². The van der Waals surface area contributed by atoms with E-state index in [1.165, 1.54) is 5.56 Å². The number of Topliss-reactive ketones (excluding diaryl/α,β-unsaturated/α-hetero) is 2. The van der Waals surface area contributed by atoms with Crippen molar-refractivity contribution in [3.63, 3.8) is 0 Å². The van der Waals surface area contributed by atoms with Crippen molar-refractivity contribution in [3.8, 4) is 11.8 Å². The third-order valence-electron chi connectivity index (χ3n) is 4.57. The fourth-order valence-electron chi connectivity index (χ4n) is 2.99. The molecule has 0 bridgehead atoms. The van der Waals surface area contributed by atoms with Gasteiger partial charge in [0, 0.05) is 17.5 Å². The number of carbonyl (C=O) groups is 2. The number of rotatable bonds is 7. The summed E-state index contributed by atoms with van der Waals surface area (Å²) in [6.07, 6.45) is 11.1. The number of hydrogen-bond acceptors (Lipinski definition) is 2. The molecule has 0 aliphatic heterocycles. The fraction of sp³-hybridized carbons (Fsp3) is 0.200. The van der Waals surface area contributed by atoms with Crippen LogP contribution in [0.4, 0.5) is 0 Å². The molecule has 0 aromatic heterocycles. The first-order valence-corrected chi connectivity index (χ1v) is 9.30. The van der Waals surface area contributed by atoms with Gasteiger partial charge in [-0.1, -0.05) is 72.7 Å². The summed E-state index contributed by atoms with van der Waals surface area (Å²) in [5.41, 5.74) is 2.62. The largest absolute Gasteiger partial charge is 0.299 e. The average molecular weight is 354 g/mol. The van der Waals surface area contributed by atoms with Crippen LogP contribution in [-0.4, -0.2) is 11.6 Å². The van der Waals surface area contributed by atoms with Crippen LogP contribution in [0.1, 0.15) is 40.7 Å². The Hall–Kier alpha value is -3.18. The Bertz CT molecular complexity index is 894. The molecule has 0 spiro atoms. The Kier molecular flexibility index (Phi) is 6.55. The Morgan fingerprint density at radius 1 is 0.852 bits per heavy atom. The van der Waals surface area contributed by atoms with Crippen LogP contribution in [0.2, 0.25) is 0 Å². The second-order valence-corrected chi connectivity index (χ2v) is 6.61. The lowest BCUT2D eigenvalue weighted by molar-refractivity contribution is -0.120. The molecule has 1 aliphatic carbocycles. The molecule has 0 saturated carbocycles. The van der Waals surface area contributed by atoms with E-state index in [2.05, 4.69) is 11.8 Å². The van der Waals surface area contributed by atoms with Crippen molar-refractivity contribution in [2.75, 3.05) is 0 Å². The van der Waals surface area contributed by atoms with E-state index in [1.54, 1.807) is 0 Å². The van der Waals surface area contributed by atoms with Crippen LogP contribution in [0.5, 0.6) is 0 Å². The van der Waals surface area contributed by atoms with Crippen molar-refractivity contribution in [2.24, 2.45) is 5.92 Å². The molecular formula is C25H22O2. The number of ketones is 2. The summed E-state index contributed by atoms with van der Waals surface area (Å²) < 4.78 is 0. The molecule has 2 aromatic rings. The van der Waals surface area contributed by atoms with Gasteiger partial charge < -0.3 is 0 Å². The number of unbranched alkanes of at least 4 members (excludes halogenated alkanes) is 1. The van der Waals surface area contributed by atoms with Gasteiger partial charge in [-0.2, -0.15) is 0 Å². The maximum absolute atomic E-state index is 12.2. The van der Waals surface area contributed by atoms with E-state index in [1.807, 2.05) is 78.9 Å². The zero-order chi connectivity index (χ0) is 18.9. The van der Waals surface area contributed by atoms with E-state index in [9.17, 15) is 9.59 Å². The van der Waals surface area contributed by atoms with Crippen molar-refractivity contribution in [1.82, 2.24) is 0 Å². The highest BCUT2D eigenvalue weighted by atomic mass is 16.1. The third-order valence-corrected chi connectivity index (χ3v) is 4.57. The van der Waals surface area contributed by atoms with Gasteiger partial charge in [0.25, 0.3) is 0 Å². The molecule has 3 rings (SSSR count). The number of carbonyl (C=O) groups excluding carboxylic acids is 2. The van der Waals surface area contributed by atoms with E-state index in [0.717, 1.165) is 24.8 Å². The van der Waals surface area contributed by atoms with Gasteiger partial charge in [-0.25, -0.2) is 0 Å². The minimum atomic E-state index is -0.173. The SMILES string of the molecule is O=C(C#Cc1ccccc1)c1ccc(CCCCC(=O)C2C=CC=C2)cc1. The second-order valence-electron chi connectivity index (χ2n) is 6.61. The van der Waals surface area contributed by atoms with Gasteiger partial charge in [0.1, 0.15) is 5.78 Å². The standard InChI is InChI=1S/C25H22O2/c26-24(22-11-5-6-12-22)13-7-4-10-21-14-17-23(18-15-21)25(27)19-16-20-8-2-1-3-9-20/h1-3,5-6,8-9,11-12,14-15,17-18,22H,4,7,10,13H2. The summed E-state index contributed by atoms with van der Waals surface area (Å²) in [5.74, 6) is 5.68. The van der Waals surface area contributed by atoms with Gasteiger partial charge in [-0.15, -0.1) is 0 Å². The molecule has 0 amide bonds. The Morgan fingerprint density at radius 2 is 1.56 bits per heavy atom. The Balaban J connectivity index is 1.45. The number of hydrogen-bond donors (Lipinski definition) is 0. The first-order chi connectivity index (χ1) is 13.2. The molecule has 0 unspecified atom stereocenters. The summed E-state index contributed by atoms with van der Waals surface area (Å²) in [4.78, 5) is 24.2. The molecule has 27 heavy (non-hydrogen) atoms. The summed E-state index contributed by atoms with van der Waals surface area (Å²) in [6.45, 7) is 0. The van der Waals surface area contributed by atoms with Gasteiger partial charge >= 0.3 is 0 Å². The zero-order valence-electron chi connectivity index (χ0n) is 15.2. The monoisotopic (exact) mass is 354 g/mol. The van der Waals surface area contributed by atoms with Crippen LogP contribution in [0, 0.1) is 17.8 Å². The molecule has 2 nitrogen and oxygen atoms in total. The Labute approximate surface area is 160 Å². The van der Waals surface area contributed by atoms with E-state index in [-0.39, 0.29) is 17.5 Å². The first kappa shape index (κ1) is 18.6. The summed E-state index contributed by atoms with van der Waals surface area (Å²) in [7, 11) is 0. The van der Waals surface area contributed by atoms with Crippen LogP contribution in [0.3, 0.4) is 0 Å². The minimum Gasteiger partial charge on any atom is -0.299 e. The fourth-order valence-corrected chi connectivity index (χ4v) is 2.99. The molecule has 2 aromatic carbocycles. The molecule has 0 atom stereocenters. The average Bonchev–Trinajstić information content (AvgIpc) is 3.25. The highest BCUT2D eigenvalue weighted by Crippen LogP contribution is 2.15. The zero-order valence-corrected chi connectivity index (χ0v) is 15.2. The number of allylic oxidation sites excluding steroid dienone is 4. The van der Waals surface area contributed by atoms with Crippen LogP contribution in [0.25, 0.3) is 0 Å². The van der Waals surface area contributed by atoms with E-state index in [4.69, 9.17) is 0 Å². The van der Waals surface area contributed by atoms with Crippen LogP contribution >= 0.6 is 0 Å². The minimum absolute atomic E-state index is 0.0210. The molecule has 1 aliphatic rings. The van der Waals surface area contributed by atoms with Crippen molar-refractivity contribution in [2.45, 2.75) is 25.7 Å². The number of benzene rings is 2. The summed E-state index contributed by atoms with van der Waals surface area (Å²) in [5, 5.41) is 0. The van der Waals surface area contributed by atoms with E-state index >= 15 is 0 Å². The maximum atomic E-state index is 12.2. The normalized spacial score (nSPS) is 12.6. The number of aryl methyl sites for hydroxylation is 1. The van der Waals surface area contributed by atoms with Gasteiger partial charge in [-0.3, -0.25) is 9.59 Å². The quantitative estimate of drug-likeness (QED) is 0.401. The topological polar surface area (TPSA) is 34.1 Å². The second kappa shape index (κ2) is 9.50. The molecular weight excluding hydrogens is 332 g/mol. The van der Waals surface area contributed by atoms with Crippen molar-refractivity contribution < 1.29 is 9.59 Å². The molecule has 2 heteroatoms. The van der Waals surface area contributed by atoms with Gasteiger partial charge in [-0.05, 0) is 42.9 Å². The molecule has 0 heterocycles. The van der Waals surface area contributed by atoms with Crippen LogP contribution in [0.15, 0.2) is 78.9 Å². The lowest BCUT2D eigenvalue weighted by atomic mass is 9.99. The van der Waals surface area contributed by atoms with Crippen LogP contribution in [-0.2, 0) is 11.2 Å². The predicted molar refractivity (Wildman–Crippen MR) is 108 cm³/mol. The van der Waals surface area contributed by atoms with Crippen molar-refractivity contribution >= 4 is 11.6 Å². The Morgan fingerprint density at radius 3 is 2.26 bits per heavy atom. The summed E-state index contributed by atoms with van der Waals surface area (Å²) in [6, 6.07) is 17.1. The third kappa shape index (κ3) is 5.66. The first-order valence-electron chi connectivity index (χ1n) is 9.30. The smallest absolute Gasteiger partial charge is 0.236 e. The van der Waals surface area contributed by atoms with Crippen molar-refractivity contribution in [3.05, 3.63) is 95.6 Å². The highest BCUT2D eigenvalue weighted by molar-refractivity contribution is 6.09. The lowest BCUT2D eigenvalue weighted by Crippen LogP contribution is -2.07. The van der Waals surface area contributed by atoms with Crippen molar-refractivity contribution in [1.29, 1.82) is 0 Å². The molecule has 0 saturated heterocycles. The molecule has 0 N–H and O–H groups in total. The van der Waals surface area contributed by atoms with Gasteiger partial charge in [0.15, 0.2) is 0 Å². The molecule has 0 fully saturated rings. The van der Waals surface area contributed by atoms with E-state index in [0.29, 0.717) is 12.0 Å². The molecule has 0 radical (unpaired) electrons. The predicted octanol–water partition coefficient (Wildman–Crippen LogP) is 4.95. The highest BCUT2D eigenvalue weighted by Gasteiger charge is 2.13. The summed E-state index contributed by atoms with van der Waals surface area (Å²) >= 11 is 0. The van der Waals surface area contributed by atoms with Gasteiger partial charge in [0.2, 0.25) is 5.78 Å². The van der Waals surface area contributed by atoms with Crippen LogP contribution < -0.4 is 0 Å².